The quantitative estimate of drug-likeness (QED) is 0.469. The third kappa shape index (κ3) is 6.40. The molecule has 4 N–H and O–H groups in total. The van der Waals surface area contributed by atoms with Crippen LogP contribution in [0.5, 0.6) is 0 Å². The number of carboxylic acid groups (broad SMARTS) is 1. The summed E-state index contributed by atoms with van der Waals surface area (Å²) in [5, 5.41) is 22.3. The molecular formula is C12H22N2O5. The van der Waals surface area contributed by atoms with E-state index in [4.69, 9.17) is 14.9 Å². The van der Waals surface area contributed by atoms with Gasteiger partial charge in [-0.1, -0.05) is 12.8 Å². The van der Waals surface area contributed by atoms with Crippen molar-refractivity contribution in [1.82, 2.24) is 10.6 Å². The Labute approximate surface area is 112 Å². The predicted molar refractivity (Wildman–Crippen MR) is 67.9 cm³/mol. The van der Waals surface area contributed by atoms with Crippen molar-refractivity contribution in [3.63, 3.8) is 0 Å². The van der Waals surface area contributed by atoms with Gasteiger partial charge in [-0.05, 0) is 12.8 Å². The van der Waals surface area contributed by atoms with Crippen LogP contribution in [0.25, 0.3) is 0 Å². The summed E-state index contributed by atoms with van der Waals surface area (Å²) in [7, 11) is 0. The van der Waals surface area contributed by atoms with Gasteiger partial charge in [0.2, 0.25) is 0 Å². The zero-order valence-electron chi connectivity index (χ0n) is 10.9. The van der Waals surface area contributed by atoms with E-state index in [0.717, 1.165) is 12.8 Å². The smallest absolute Gasteiger partial charge is 0.326 e. The number of urea groups is 1. The maximum Gasteiger partial charge on any atom is 0.326 e. The molecule has 7 nitrogen and oxygen atoms in total. The molecular weight excluding hydrogens is 252 g/mol. The van der Waals surface area contributed by atoms with E-state index >= 15 is 0 Å². The predicted octanol–water partition coefficient (Wildman–Crippen LogP) is 0.0804. The Bertz CT molecular complexity index is 292. The molecule has 1 aliphatic rings. The van der Waals surface area contributed by atoms with Crippen LogP contribution < -0.4 is 10.6 Å². The molecule has 110 valence electrons. The summed E-state index contributed by atoms with van der Waals surface area (Å²) in [6.45, 7) is 0.478. The molecule has 1 fully saturated rings. The number of carbonyl (C=O) groups excluding carboxylic acids is 1. The van der Waals surface area contributed by atoms with Crippen LogP contribution >= 0.6 is 0 Å². The number of hydrogen-bond donors (Lipinski definition) is 4. The summed E-state index contributed by atoms with van der Waals surface area (Å²) in [4.78, 5) is 22.2. The molecule has 1 atom stereocenters. The normalized spacial score (nSPS) is 17.1. The maximum atomic E-state index is 11.4. The molecule has 0 radical (unpaired) electrons. The van der Waals surface area contributed by atoms with E-state index in [9.17, 15) is 9.59 Å². The summed E-state index contributed by atoms with van der Waals surface area (Å²) in [5.41, 5.74) is 0. The summed E-state index contributed by atoms with van der Waals surface area (Å²) in [6.07, 6.45) is 4.82. The fourth-order valence-electron chi connectivity index (χ4n) is 2.04. The lowest BCUT2D eigenvalue weighted by Gasteiger charge is -2.15. The van der Waals surface area contributed by atoms with Gasteiger partial charge in [0, 0.05) is 19.6 Å². The molecule has 0 aromatic rings. The second kappa shape index (κ2) is 8.71. The molecule has 0 aromatic carbocycles. The summed E-state index contributed by atoms with van der Waals surface area (Å²) in [5.74, 6) is -1.16. The number of nitrogens with one attached hydrogen (secondary N) is 2. The topological polar surface area (TPSA) is 108 Å². The number of rotatable bonds is 8. The highest BCUT2D eigenvalue weighted by molar-refractivity contribution is 5.82. The van der Waals surface area contributed by atoms with Gasteiger partial charge in [-0.25, -0.2) is 9.59 Å². The van der Waals surface area contributed by atoms with Crippen LogP contribution in [0.2, 0.25) is 0 Å². The van der Waals surface area contributed by atoms with Crippen LogP contribution in [0.3, 0.4) is 0 Å². The van der Waals surface area contributed by atoms with Crippen molar-refractivity contribution >= 4 is 12.0 Å². The van der Waals surface area contributed by atoms with Gasteiger partial charge >= 0.3 is 12.0 Å². The molecule has 19 heavy (non-hydrogen) atoms. The molecule has 7 heteroatoms. The van der Waals surface area contributed by atoms with E-state index in [1.54, 1.807) is 0 Å². The highest BCUT2D eigenvalue weighted by Gasteiger charge is 2.19. The lowest BCUT2D eigenvalue weighted by Crippen LogP contribution is -2.47. The third-order valence-corrected chi connectivity index (χ3v) is 3.06. The van der Waals surface area contributed by atoms with Gasteiger partial charge < -0.3 is 25.6 Å². The average molecular weight is 274 g/mol. The summed E-state index contributed by atoms with van der Waals surface area (Å²) >= 11 is 0. The van der Waals surface area contributed by atoms with Gasteiger partial charge in [0.25, 0.3) is 0 Å². The standard InChI is InChI=1S/C12H22N2O5/c15-7-5-10(11(16)17)14-12(18)13-6-8-19-9-3-1-2-4-9/h9-10,15H,1-8H2,(H,16,17)(H2,13,14,18)/t10-/m0/s1. The Morgan fingerprint density at radius 1 is 1.32 bits per heavy atom. The molecule has 0 aromatic heterocycles. The lowest BCUT2D eigenvalue weighted by molar-refractivity contribution is -0.139. The number of amides is 2. The minimum atomic E-state index is -1.16. The first-order chi connectivity index (χ1) is 9.13. The Morgan fingerprint density at radius 2 is 2.00 bits per heavy atom. The maximum absolute atomic E-state index is 11.4. The Hall–Kier alpha value is -1.34. The number of aliphatic carboxylic acids is 1. The Balaban J connectivity index is 2.10. The van der Waals surface area contributed by atoms with Crippen LogP contribution in [-0.4, -0.2) is 54.1 Å². The molecule has 2 amide bonds. The molecule has 0 spiro atoms. The van der Waals surface area contributed by atoms with E-state index < -0.39 is 18.0 Å². The molecule has 0 bridgehead atoms. The van der Waals surface area contributed by atoms with E-state index in [1.165, 1.54) is 12.8 Å². The number of ether oxygens (including phenoxy) is 1. The average Bonchev–Trinajstić information content (AvgIpc) is 2.87. The number of aliphatic hydroxyl groups is 1. The molecule has 1 rings (SSSR count). The van der Waals surface area contributed by atoms with Gasteiger partial charge in [0.15, 0.2) is 0 Å². The van der Waals surface area contributed by atoms with Crippen molar-refractivity contribution in [1.29, 1.82) is 0 Å². The van der Waals surface area contributed by atoms with Crippen LogP contribution in [0.15, 0.2) is 0 Å². The highest BCUT2D eigenvalue weighted by atomic mass is 16.5. The third-order valence-electron chi connectivity index (χ3n) is 3.06. The van der Waals surface area contributed by atoms with Crippen LogP contribution in [0.4, 0.5) is 4.79 Å². The number of carbonyl (C=O) groups is 2. The molecule has 0 unspecified atom stereocenters. The van der Waals surface area contributed by atoms with Gasteiger partial charge in [-0.15, -0.1) is 0 Å². The first-order valence-corrected chi connectivity index (χ1v) is 6.63. The zero-order chi connectivity index (χ0) is 14.1. The van der Waals surface area contributed by atoms with Crippen molar-refractivity contribution in [2.75, 3.05) is 19.8 Å². The fraction of sp³-hybridized carbons (Fsp3) is 0.833. The molecule has 0 aliphatic heterocycles. The first kappa shape index (κ1) is 15.7. The minimum absolute atomic E-state index is 0.0126. The van der Waals surface area contributed by atoms with E-state index in [2.05, 4.69) is 10.6 Å². The fourth-order valence-corrected chi connectivity index (χ4v) is 2.04. The van der Waals surface area contributed by atoms with Crippen molar-refractivity contribution in [2.24, 2.45) is 0 Å². The number of carboxylic acids is 1. The lowest BCUT2D eigenvalue weighted by atomic mass is 10.2. The largest absolute Gasteiger partial charge is 0.480 e. The van der Waals surface area contributed by atoms with Crippen molar-refractivity contribution in [2.45, 2.75) is 44.2 Å². The monoisotopic (exact) mass is 274 g/mol. The molecule has 1 aliphatic carbocycles. The number of aliphatic hydroxyl groups excluding tert-OH is 1. The zero-order valence-corrected chi connectivity index (χ0v) is 10.9. The Morgan fingerprint density at radius 3 is 2.58 bits per heavy atom. The van der Waals surface area contributed by atoms with Crippen LogP contribution in [-0.2, 0) is 9.53 Å². The van der Waals surface area contributed by atoms with Crippen LogP contribution in [0.1, 0.15) is 32.1 Å². The van der Waals surface area contributed by atoms with Crippen molar-refractivity contribution in [3.05, 3.63) is 0 Å². The van der Waals surface area contributed by atoms with Gasteiger partial charge in [0.05, 0.1) is 12.7 Å². The molecule has 0 saturated heterocycles. The SMILES string of the molecule is O=C(NCCOC1CCCC1)N[C@@H](CCO)C(=O)O. The minimum Gasteiger partial charge on any atom is -0.480 e. The van der Waals surface area contributed by atoms with E-state index in [1.807, 2.05) is 0 Å². The number of hydrogen-bond acceptors (Lipinski definition) is 4. The van der Waals surface area contributed by atoms with Crippen molar-refractivity contribution in [3.8, 4) is 0 Å². The van der Waals surface area contributed by atoms with E-state index in [0.29, 0.717) is 19.3 Å². The first-order valence-electron chi connectivity index (χ1n) is 6.63. The summed E-state index contributed by atoms with van der Waals surface area (Å²) < 4.78 is 5.55. The second-order valence-corrected chi connectivity index (χ2v) is 4.58. The molecule has 0 heterocycles. The Kier molecular flexibility index (Phi) is 7.20. The van der Waals surface area contributed by atoms with E-state index in [-0.39, 0.29) is 13.0 Å². The highest BCUT2D eigenvalue weighted by Crippen LogP contribution is 2.20. The van der Waals surface area contributed by atoms with Gasteiger partial charge in [-0.3, -0.25) is 0 Å². The van der Waals surface area contributed by atoms with Gasteiger partial charge in [0.1, 0.15) is 6.04 Å². The molecule has 1 saturated carbocycles. The van der Waals surface area contributed by atoms with Gasteiger partial charge in [-0.2, -0.15) is 0 Å². The van der Waals surface area contributed by atoms with Crippen LogP contribution in [0, 0.1) is 0 Å². The second-order valence-electron chi connectivity index (χ2n) is 4.58. The van der Waals surface area contributed by atoms with Crippen molar-refractivity contribution < 1.29 is 24.5 Å². The summed E-state index contributed by atoms with van der Waals surface area (Å²) in [6, 6.07) is -1.63.